The fraction of sp³-hybridized carbons (Fsp3) is 0.647. The zero-order valence-corrected chi connectivity index (χ0v) is 13.6. The molecule has 1 aliphatic rings. The Labute approximate surface area is 126 Å². The first kappa shape index (κ1) is 14.5. The minimum absolute atomic E-state index is 0.0408. The molecule has 21 heavy (non-hydrogen) atoms. The van der Waals surface area contributed by atoms with Gasteiger partial charge in [0.15, 0.2) is 0 Å². The lowest BCUT2D eigenvalue weighted by Crippen LogP contribution is -2.44. The first-order valence-electron chi connectivity index (χ1n) is 7.93. The van der Waals surface area contributed by atoms with Gasteiger partial charge in [0.05, 0.1) is 17.3 Å². The van der Waals surface area contributed by atoms with Crippen LogP contribution < -0.4 is 5.73 Å². The molecule has 114 valence electrons. The van der Waals surface area contributed by atoms with Crippen molar-refractivity contribution in [3.63, 3.8) is 0 Å². The molecular formula is C17H26N4. The molecule has 0 atom stereocenters. The lowest BCUT2D eigenvalue weighted by Gasteiger charge is -2.38. The van der Waals surface area contributed by atoms with Crippen LogP contribution >= 0.6 is 0 Å². The Morgan fingerprint density at radius 1 is 1.29 bits per heavy atom. The Morgan fingerprint density at radius 2 is 1.95 bits per heavy atom. The van der Waals surface area contributed by atoms with Crippen molar-refractivity contribution in [1.82, 2.24) is 14.5 Å². The topological polar surface area (TPSA) is 56.7 Å². The Hall–Kier alpha value is -1.42. The third kappa shape index (κ3) is 2.46. The lowest BCUT2D eigenvalue weighted by molar-refractivity contribution is 0.220. The highest BCUT2D eigenvalue weighted by molar-refractivity contribution is 5.75. The van der Waals surface area contributed by atoms with Crippen LogP contribution in [0, 0.1) is 5.92 Å². The number of nitrogens with two attached hydrogens (primary N) is 1. The summed E-state index contributed by atoms with van der Waals surface area (Å²) in [5.74, 6) is 1.81. The average Bonchev–Trinajstić information content (AvgIpc) is 2.82. The van der Waals surface area contributed by atoms with Gasteiger partial charge in [-0.05, 0) is 58.4 Å². The van der Waals surface area contributed by atoms with Gasteiger partial charge < -0.3 is 10.3 Å². The first-order valence-corrected chi connectivity index (χ1v) is 7.93. The molecule has 3 rings (SSSR count). The number of hydrogen-bond donors (Lipinski definition) is 1. The van der Waals surface area contributed by atoms with E-state index in [9.17, 15) is 0 Å². The van der Waals surface area contributed by atoms with E-state index in [2.05, 4.69) is 37.2 Å². The second kappa shape index (κ2) is 4.80. The van der Waals surface area contributed by atoms with Crippen LogP contribution in [-0.2, 0) is 11.1 Å². The Morgan fingerprint density at radius 3 is 2.57 bits per heavy atom. The fourth-order valence-corrected chi connectivity index (χ4v) is 3.45. The minimum atomic E-state index is -0.307. The predicted molar refractivity (Wildman–Crippen MR) is 86.0 cm³/mol. The van der Waals surface area contributed by atoms with E-state index in [0.717, 1.165) is 35.6 Å². The molecule has 0 bridgehead atoms. The summed E-state index contributed by atoms with van der Waals surface area (Å²) in [5, 5.41) is 0. The monoisotopic (exact) mass is 286 g/mol. The van der Waals surface area contributed by atoms with Crippen molar-refractivity contribution in [3.8, 4) is 0 Å². The van der Waals surface area contributed by atoms with Crippen molar-refractivity contribution in [1.29, 1.82) is 0 Å². The van der Waals surface area contributed by atoms with E-state index in [1.807, 2.05) is 18.5 Å². The van der Waals surface area contributed by atoms with E-state index in [-0.39, 0.29) is 11.1 Å². The Bertz CT molecular complexity index is 642. The molecule has 0 unspecified atom stereocenters. The summed E-state index contributed by atoms with van der Waals surface area (Å²) in [7, 11) is 0. The molecule has 4 nitrogen and oxygen atoms in total. The number of pyridine rings is 1. The van der Waals surface area contributed by atoms with Crippen LogP contribution in [0.3, 0.4) is 0 Å². The summed E-state index contributed by atoms with van der Waals surface area (Å²) >= 11 is 0. The summed E-state index contributed by atoms with van der Waals surface area (Å²) in [6.45, 7) is 8.96. The van der Waals surface area contributed by atoms with Crippen molar-refractivity contribution in [2.24, 2.45) is 11.7 Å². The maximum Gasteiger partial charge on any atom is 0.130 e. The normalized spacial score (nSPS) is 27.2. The van der Waals surface area contributed by atoms with Crippen molar-refractivity contribution >= 4 is 11.0 Å². The molecule has 1 saturated carbocycles. The van der Waals surface area contributed by atoms with E-state index < -0.39 is 0 Å². The molecule has 0 aliphatic heterocycles. The number of rotatable bonds is 1. The molecule has 4 heteroatoms. The molecule has 1 fully saturated rings. The molecule has 0 aromatic carbocycles. The molecule has 2 aromatic heterocycles. The smallest absolute Gasteiger partial charge is 0.130 e. The molecule has 0 saturated heterocycles. The van der Waals surface area contributed by atoms with Crippen LogP contribution in [0.25, 0.3) is 11.0 Å². The highest BCUT2D eigenvalue weighted by atomic mass is 15.2. The van der Waals surface area contributed by atoms with Crippen LogP contribution in [-0.4, -0.2) is 14.5 Å². The summed E-state index contributed by atoms with van der Waals surface area (Å²) in [4.78, 5) is 9.09. The highest BCUT2D eigenvalue weighted by Gasteiger charge is 2.38. The minimum Gasteiger partial charge on any atom is -0.321 e. The molecule has 2 aromatic rings. The lowest BCUT2D eigenvalue weighted by atomic mass is 9.77. The molecule has 1 aliphatic carbocycles. The third-order valence-corrected chi connectivity index (χ3v) is 4.74. The largest absolute Gasteiger partial charge is 0.321 e. The number of aromatic nitrogens is 3. The van der Waals surface area contributed by atoms with Crippen LogP contribution in [0.1, 0.15) is 59.2 Å². The SMILES string of the molecule is CC1CCC(N)(c2nc3cnccc3n2C(C)(C)C)CC1. The van der Waals surface area contributed by atoms with E-state index in [4.69, 9.17) is 10.7 Å². The van der Waals surface area contributed by atoms with E-state index in [1.54, 1.807) is 0 Å². The summed E-state index contributed by atoms with van der Waals surface area (Å²) in [6.07, 6.45) is 8.07. The van der Waals surface area contributed by atoms with E-state index >= 15 is 0 Å². The number of fused-ring (bicyclic) bond motifs is 1. The summed E-state index contributed by atoms with van der Waals surface area (Å²) in [5.41, 5.74) is 8.54. The van der Waals surface area contributed by atoms with Crippen molar-refractivity contribution in [2.45, 2.75) is 64.5 Å². The van der Waals surface area contributed by atoms with Crippen molar-refractivity contribution in [3.05, 3.63) is 24.3 Å². The average molecular weight is 286 g/mol. The van der Waals surface area contributed by atoms with Gasteiger partial charge in [-0.15, -0.1) is 0 Å². The summed E-state index contributed by atoms with van der Waals surface area (Å²) in [6, 6.07) is 2.05. The molecular weight excluding hydrogens is 260 g/mol. The van der Waals surface area contributed by atoms with Gasteiger partial charge in [0.25, 0.3) is 0 Å². The first-order chi connectivity index (χ1) is 9.81. The van der Waals surface area contributed by atoms with Gasteiger partial charge in [0, 0.05) is 11.7 Å². The van der Waals surface area contributed by atoms with Gasteiger partial charge in [-0.3, -0.25) is 4.98 Å². The van der Waals surface area contributed by atoms with Gasteiger partial charge in [0.1, 0.15) is 11.3 Å². The molecule has 0 radical (unpaired) electrons. The van der Waals surface area contributed by atoms with Crippen LogP contribution in [0.5, 0.6) is 0 Å². The standard InChI is InChI=1S/C17H26N4/c1-12-5-8-17(18,9-6-12)15-20-13-11-19-10-7-14(13)21(15)16(2,3)4/h7,10-12H,5-6,8-9,18H2,1-4H3. The quantitative estimate of drug-likeness (QED) is 0.872. The van der Waals surface area contributed by atoms with Crippen molar-refractivity contribution in [2.75, 3.05) is 0 Å². The number of nitrogens with zero attached hydrogens (tertiary/aromatic N) is 3. The molecule has 0 amide bonds. The maximum atomic E-state index is 6.80. The second-order valence-corrected chi connectivity index (χ2v) is 7.64. The Balaban J connectivity index is 2.18. The third-order valence-electron chi connectivity index (χ3n) is 4.74. The van der Waals surface area contributed by atoms with Gasteiger partial charge in [0.2, 0.25) is 0 Å². The van der Waals surface area contributed by atoms with Gasteiger partial charge >= 0.3 is 0 Å². The van der Waals surface area contributed by atoms with Crippen LogP contribution in [0.2, 0.25) is 0 Å². The van der Waals surface area contributed by atoms with Crippen LogP contribution in [0.15, 0.2) is 18.5 Å². The van der Waals surface area contributed by atoms with Crippen molar-refractivity contribution < 1.29 is 0 Å². The zero-order valence-electron chi connectivity index (χ0n) is 13.6. The summed E-state index contributed by atoms with van der Waals surface area (Å²) < 4.78 is 2.32. The van der Waals surface area contributed by atoms with E-state index in [0.29, 0.717) is 0 Å². The zero-order chi connectivity index (χ0) is 15.3. The molecule has 0 spiro atoms. The van der Waals surface area contributed by atoms with E-state index in [1.165, 1.54) is 12.8 Å². The number of hydrogen-bond acceptors (Lipinski definition) is 3. The predicted octanol–water partition coefficient (Wildman–Crippen LogP) is 3.55. The number of imidazole rings is 1. The Kier molecular flexibility index (Phi) is 3.32. The van der Waals surface area contributed by atoms with Gasteiger partial charge in [-0.1, -0.05) is 6.92 Å². The van der Waals surface area contributed by atoms with Gasteiger partial charge in [-0.2, -0.15) is 0 Å². The fourth-order valence-electron chi connectivity index (χ4n) is 3.45. The highest BCUT2D eigenvalue weighted by Crippen LogP contribution is 2.39. The van der Waals surface area contributed by atoms with Crippen LogP contribution in [0.4, 0.5) is 0 Å². The maximum absolute atomic E-state index is 6.80. The molecule has 2 heterocycles. The van der Waals surface area contributed by atoms with Gasteiger partial charge in [-0.25, -0.2) is 4.98 Å². The molecule has 2 N–H and O–H groups in total. The second-order valence-electron chi connectivity index (χ2n) is 7.64.